The average molecular weight is 210 g/mol. The van der Waals surface area contributed by atoms with Crippen LogP contribution in [0.4, 0.5) is 0 Å². The molecular formula is C10H18N4O. The van der Waals surface area contributed by atoms with Gasteiger partial charge in [0.2, 0.25) is 0 Å². The molecule has 2 rings (SSSR count). The van der Waals surface area contributed by atoms with E-state index in [0.29, 0.717) is 6.04 Å². The molecule has 1 aromatic rings. The Hall–Kier alpha value is -0.940. The summed E-state index contributed by atoms with van der Waals surface area (Å²) < 4.78 is 7.13. The van der Waals surface area contributed by atoms with Crippen LogP contribution in [0.1, 0.15) is 30.8 Å². The van der Waals surface area contributed by atoms with Gasteiger partial charge in [-0.05, 0) is 13.3 Å². The highest BCUT2D eigenvalue weighted by atomic mass is 16.5. The molecule has 15 heavy (non-hydrogen) atoms. The van der Waals surface area contributed by atoms with Gasteiger partial charge in [0.05, 0.1) is 17.4 Å². The van der Waals surface area contributed by atoms with Crippen LogP contribution >= 0.6 is 0 Å². The van der Waals surface area contributed by atoms with Crippen molar-refractivity contribution in [3.63, 3.8) is 0 Å². The zero-order chi connectivity index (χ0) is 10.7. The quantitative estimate of drug-likeness (QED) is 0.787. The Morgan fingerprint density at radius 1 is 1.60 bits per heavy atom. The zero-order valence-corrected chi connectivity index (χ0v) is 9.36. The van der Waals surface area contributed by atoms with Crippen LogP contribution in [0, 0.1) is 0 Å². The van der Waals surface area contributed by atoms with Crippen LogP contribution in [-0.4, -0.2) is 35.3 Å². The highest BCUT2D eigenvalue weighted by molar-refractivity contribution is 5.13. The molecule has 1 atom stereocenters. The van der Waals surface area contributed by atoms with Crippen LogP contribution in [0.2, 0.25) is 0 Å². The van der Waals surface area contributed by atoms with Crippen LogP contribution in [0.15, 0.2) is 0 Å². The van der Waals surface area contributed by atoms with Gasteiger partial charge >= 0.3 is 0 Å². The third kappa shape index (κ3) is 2.18. The molecule has 2 heterocycles. The molecule has 0 aliphatic carbocycles. The van der Waals surface area contributed by atoms with Gasteiger partial charge in [-0.3, -0.25) is 0 Å². The van der Waals surface area contributed by atoms with Gasteiger partial charge in [-0.2, -0.15) is 0 Å². The smallest absolute Gasteiger partial charge is 0.0997 e. The number of ether oxygens (including phenoxy) is 1. The molecular weight excluding hydrogens is 192 g/mol. The lowest BCUT2D eigenvalue weighted by Gasteiger charge is -2.17. The molecule has 5 nitrogen and oxygen atoms in total. The molecule has 1 aliphatic heterocycles. The van der Waals surface area contributed by atoms with Crippen molar-refractivity contribution in [3.05, 3.63) is 11.4 Å². The molecule has 1 N–H and O–H groups in total. The minimum atomic E-state index is 0.374. The fourth-order valence-electron chi connectivity index (χ4n) is 1.92. The standard InChI is InChI=1S/C10H18N4O/c1-8(4-6-15-2)14-10-3-5-11-7-9(10)12-13-14/h8,11H,3-7H2,1-2H3. The van der Waals surface area contributed by atoms with Crippen molar-refractivity contribution in [1.29, 1.82) is 0 Å². The molecule has 84 valence electrons. The van der Waals surface area contributed by atoms with Crippen LogP contribution in [0.5, 0.6) is 0 Å². The molecule has 0 aromatic carbocycles. The summed E-state index contributed by atoms with van der Waals surface area (Å²) in [6.45, 7) is 4.81. The molecule has 0 amide bonds. The number of rotatable bonds is 4. The van der Waals surface area contributed by atoms with Gasteiger partial charge in [0, 0.05) is 33.2 Å². The molecule has 1 aliphatic rings. The zero-order valence-electron chi connectivity index (χ0n) is 9.36. The second kappa shape index (κ2) is 4.72. The molecule has 1 aromatic heterocycles. The third-order valence-corrected chi connectivity index (χ3v) is 2.86. The Bertz CT molecular complexity index is 323. The summed E-state index contributed by atoms with van der Waals surface area (Å²) in [5.41, 5.74) is 2.39. The van der Waals surface area contributed by atoms with Gasteiger partial charge in [-0.25, -0.2) is 4.68 Å². The average Bonchev–Trinajstić information content (AvgIpc) is 2.69. The fraction of sp³-hybridized carbons (Fsp3) is 0.800. The van der Waals surface area contributed by atoms with E-state index in [4.69, 9.17) is 4.74 Å². The molecule has 1 unspecified atom stereocenters. The van der Waals surface area contributed by atoms with Crippen molar-refractivity contribution in [3.8, 4) is 0 Å². The van der Waals surface area contributed by atoms with Crippen molar-refractivity contribution in [2.24, 2.45) is 0 Å². The first-order valence-corrected chi connectivity index (χ1v) is 5.45. The lowest BCUT2D eigenvalue weighted by atomic mass is 10.1. The van der Waals surface area contributed by atoms with Gasteiger partial charge < -0.3 is 10.1 Å². The van der Waals surface area contributed by atoms with E-state index in [9.17, 15) is 0 Å². The maximum Gasteiger partial charge on any atom is 0.0997 e. The summed E-state index contributed by atoms with van der Waals surface area (Å²) in [4.78, 5) is 0. The lowest BCUT2D eigenvalue weighted by Crippen LogP contribution is -2.26. The number of hydrogen-bond donors (Lipinski definition) is 1. The van der Waals surface area contributed by atoms with E-state index >= 15 is 0 Å². The Labute approximate surface area is 89.8 Å². The highest BCUT2D eigenvalue weighted by Crippen LogP contribution is 2.17. The van der Waals surface area contributed by atoms with Gasteiger partial charge in [0.15, 0.2) is 0 Å². The maximum absolute atomic E-state index is 5.08. The van der Waals surface area contributed by atoms with Gasteiger partial charge in [0.25, 0.3) is 0 Å². The predicted octanol–water partition coefficient (Wildman–Crippen LogP) is 0.521. The monoisotopic (exact) mass is 210 g/mol. The van der Waals surface area contributed by atoms with Gasteiger partial charge in [0.1, 0.15) is 0 Å². The highest BCUT2D eigenvalue weighted by Gasteiger charge is 2.19. The molecule has 0 radical (unpaired) electrons. The Morgan fingerprint density at radius 2 is 2.47 bits per heavy atom. The lowest BCUT2D eigenvalue weighted by molar-refractivity contribution is 0.177. The van der Waals surface area contributed by atoms with Crippen LogP contribution in [0.25, 0.3) is 0 Å². The van der Waals surface area contributed by atoms with E-state index in [0.717, 1.165) is 38.2 Å². The molecule has 0 fully saturated rings. The number of nitrogens with one attached hydrogen (secondary N) is 1. The largest absolute Gasteiger partial charge is 0.385 e. The van der Waals surface area contributed by atoms with Crippen molar-refractivity contribution in [2.75, 3.05) is 20.3 Å². The predicted molar refractivity (Wildman–Crippen MR) is 56.6 cm³/mol. The molecule has 5 heteroatoms. The summed E-state index contributed by atoms with van der Waals surface area (Å²) in [7, 11) is 1.73. The number of methoxy groups -OCH3 is 1. The molecule has 0 saturated heterocycles. The van der Waals surface area contributed by atoms with E-state index in [-0.39, 0.29) is 0 Å². The summed E-state index contributed by atoms with van der Waals surface area (Å²) in [6.07, 6.45) is 2.01. The van der Waals surface area contributed by atoms with E-state index in [2.05, 4.69) is 27.2 Å². The van der Waals surface area contributed by atoms with E-state index in [1.807, 2.05) is 0 Å². The maximum atomic E-state index is 5.08. The first-order chi connectivity index (χ1) is 7.33. The normalized spacial score (nSPS) is 17.5. The number of aromatic nitrogens is 3. The molecule has 0 saturated carbocycles. The Kier molecular flexibility index (Phi) is 3.33. The molecule has 0 bridgehead atoms. The van der Waals surface area contributed by atoms with Gasteiger partial charge in [-0.15, -0.1) is 5.10 Å². The summed E-state index contributed by atoms with van der Waals surface area (Å²) in [5.74, 6) is 0. The fourth-order valence-corrected chi connectivity index (χ4v) is 1.92. The van der Waals surface area contributed by atoms with E-state index < -0.39 is 0 Å². The molecule has 0 spiro atoms. The second-order valence-corrected chi connectivity index (χ2v) is 3.98. The number of fused-ring (bicyclic) bond motifs is 1. The minimum absolute atomic E-state index is 0.374. The van der Waals surface area contributed by atoms with Gasteiger partial charge in [-0.1, -0.05) is 5.21 Å². The van der Waals surface area contributed by atoms with Crippen molar-refractivity contribution < 1.29 is 4.74 Å². The SMILES string of the molecule is COCCC(C)n1nnc2c1CCNC2. The van der Waals surface area contributed by atoms with Crippen LogP contribution < -0.4 is 5.32 Å². The minimum Gasteiger partial charge on any atom is -0.385 e. The Morgan fingerprint density at radius 3 is 3.27 bits per heavy atom. The van der Waals surface area contributed by atoms with Crippen molar-refractivity contribution in [1.82, 2.24) is 20.3 Å². The summed E-state index contributed by atoms with van der Waals surface area (Å²) in [5, 5.41) is 11.7. The topological polar surface area (TPSA) is 52.0 Å². The third-order valence-electron chi connectivity index (χ3n) is 2.86. The van der Waals surface area contributed by atoms with E-state index in [1.54, 1.807) is 7.11 Å². The number of hydrogen-bond acceptors (Lipinski definition) is 4. The second-order valence-electron chi connectivity index (χ2n) is 3.98. The van der Waals surface area contributed by atoms with Crippen LogP contribution in [-0.2, 0) is 17.7 Å². The first kappa shape index (κ1) is 10.6. The van der Waals surface area contributed by atoms with Crippen molar-refractivity contribution >= 4 is 0 Å². The first-order valence-electron chi connectivity index (χ1n) is 5.45. The Balaban J connectivity index is 2.10. The van der Waals surface area contributed by atoms with E-state index in [1.165, 1.54) is 5.69 Å². The van der Waals surface area contributed by atoms with Crippen LogP contribution in [0.3, 0.4) is 0 Å². The summed E-state index contributed by atoms with van der Waals surface area (Å²) >= 11 is 0. The number of nitrogens with zero attached hydrogens (tertiary/aromatic N) is 3. The summed E-state index contributed by atoms with van der Waals surface area (Å²) in [6, 6.07) is 0.374. The van der Waals surface area contributed by atoms with Crippen molar-refractivity contribution in [2.45, 2.75) is 32.4 Å².